The highest BCUT2D eigenvalue weighted by molar-refractivity contribution is 9.10. The van der Waals surface area contributed by atoms with Gasteiger partial charge in [0.15, 0.2) is 11.5 Å². The third-order valence-electron chi connectivity index (χ3n) is 4.00. The summed E-state index contributed by atoms with van der Waals surface area (Å²) in [5.41, 5.74) is 1.19. The Labute approximate surface area is 172 Å². The summed E-state index contributed by atoms with van der Waals surface area (Å²) in [6.45, 7) is 0. The Kier molecular flexibility index (Phi) is 4.56. The van der Waals surface area contributed by atoms with Crippen LogP contribution in [0.2, 0.25) is 15.1 Å². The lowest BCUT2D eigenvalue weighted by Gasteiger charge is -2.29. The van der Waals surface area contributed by atoms with Gasteiger partial charge in [0.1, 0.15) is 5.82 Å². The van der Waals surface area contributed by atoms with Gasteiger partial charge in [-0.15, -0.1) is 0 Å². The lowest BCUT2D eigenvalue weighted by molar-refractivity contribution is -0.0458. The van der Waals surface area contributed by atoms with Crippen molar-refractivity contribution in [2.24, 2.45) is 0 Å². The summed E-state index contributed by atoms with van der Waals surface area (Å²) in [5, 5.41) is 1.41. The van der Waals surface area contributed by atoms with Gasteiger partial charge in [0.05, 0.1) is 15.1 Å². The zero-order chi connectivity index (χ0) is 18.5. The van der Waals surface area contributed by atoms with Gasteiger partial charge in [-0.3, -0.25) is 0 Å². The zero-order valence-corrected chi connectivity index (χ0v) is 16.8. The van der Waals surface area contributed by atoms with Crippen molar-refractivity contribution < 1.29 is 13.9 Å². The summed E-state index contributed by atoms with van der Waals surface area (Å²) < 4.78 is 26.5. The van der Waals surface area contributed by atoms with Gasteiger partial charge in [-0.2, -0.15) is 0 Å². The van der Waals surface area contributed by atoms with Crippen LogP contribution in [0.4, 0.5) is 4.39 Å². The maximum absolute atomic E-state index is 14.0. The van der Waals surface area contributed by atoms with E-state index in [0.717, 1.165) is 0 Å². The van der Waals surface area contributed by atoms with Crippen molar-refractivity contribution in [1.29, 1.82) is 0 Å². The van der Waals surface area contributed by atoms with Crippen LogP contribution in [0.15, 0.2) is 59.1 Å². The molecule has 0 saturated heterocycles. The van der Waals surface area contributed by atoms with Crippen LogP contribution in [0.3, 0.4) is 0 Å². The second-order valence-electron chi connectivity index (χ2n) is 5.66. The van der Waals surface area contributed by atoms with Gasteiger partial charge < -0.3 is 9.47 Å². The predicted molar refractivity (Wildman–Crippen MR) is 104 cm³/mol. The van der Waals surface area contributed by atoms with Crippen LogP contribution in [0, 0.1) is 5.82 Å². The van der Waals surface area contributed by atoms with Crippen molar-refractivity contribution in [3.63, 3.8) is 0 Å². The van der Waals surface area contributed by atoms with Gasteiger partial charge in [0, 0.05) is 27.7 Å². The lowest BCUT2D eigenvalue weighted by Crippen LogP contribution is -2.37. The predicted octanol–water partition coefficient (Wildman–Crippen LogP) is 7.22. The highest BCUT2D eigenvalue weighted by atomic mass is 79.9. The molecule has 7 heteroatoms. The fourth-order valence-electron chi connectivity index (χ4n) is 2.81. The van der Waals surface area contributed by atoms with Gasteiger partial charge in [0.25, 0.3) is 0 Å². The molecule has 0 spiro atoms. The summed E-state index contributed by atoms with van der Waals surface area (Å²) in [6, 6.07) is 14.8. The van der Waals surface area contributed by atoms with Gasteiger partial charge in [-0.25, -0.2) is 4.39 Å². The Bertz CT molecular complexity index is 977. The number of hydrogen-bond acceptors (Lipinski definition) is 2. The second kappa shape index (κ2) is 6.61. The molecule has 26 heavy (non-hydrogen) atoms. The monoisotopic (exact) mass is 472 g/mol. The van der Waals surface area contributed by atoms with E-state index in [9.17, 15) is 4.39 Å². The molecule has 0 N–H and O–H groups in total. The highest BCUT2D eigenvalue weighted by Crippen LogP contribution is 2.50. The maximum Gasteiger partial charge on any atom is 0.307 e. The smallest absolute Gasteiger partial charge is 0.307 e. The summed E-state index contributed by atoms with van der Waals surface area (Å²) >= 11 is 21.6. The van der Waals surface area contributed by atoms with Crippen molar-refractivity contribution >= 4 is 50.7 Å². The van der Waals surface area contributed by atoms with E-state index in [1.807, 2.05) is 0 Å². The fraction of sp³-hybridized carbons (Fsp3) is 0.0526. The van der Waals surface area contributed by atoms with Crippen LogP contribution in [0.1, 0.15) is 11.1 Å². The molecule has 0 saturated carbocycles. The molecule has 2 nitrogen and oxygen atoms in total. The van der Waals surface area contributed by atoms with E-state index in [-0.39, 0.29) is 10.2 Å². The van der Waals surface area contributed by atoms with E-state index in [0.29, 0.717) is 31.9 Å². The molecule has 0 amide bonds. The first kappa shape index (κ1) is 17.9. The summed E-state index contributed by atoms with van der Waals surface area (Å²) in [7, 11) is 0. The van der Waals surface area contributed by atoms with E-state index >= 15 is 0 Å². The third kappa shape index (κ3) is 2.95. The van der Waals surface area contributed by atoms with Crippen LogP contribution in [-0.4, -0.2) is 0 Å². The molecule has 0 bridgehead atoms. The molecule has 0 radical (unpaired) electrons. The molecule has 4 rings (SSSR count). The maximum atomic E-state index is 14.0. The topological polar surface area (TPSA) is 18.5 Å². The molecular weight excluding hydrogens is 465 g/mol. The molecule has 0 fully saturated rings. The van der Waals surface area contributed by atoms with Gasteiger partial charge in [-0.05, 0) is 58.4 Å². The van der Waals surface area contributed by atoms with Crippen molar-refractivity contribution in [3.05, 3.63) is 91.1 Å². The Hall–Kier alpha value is -1.46. The average molecular weight is 475 g/mol. The Morgan fingerprint density at radius 1 is 0.808 bits per heavy atom. The standard InChI is InChI=1S/C19H9BrCl3FO2/c20-14-8-17-18(9-16(14)24)26-19(25-17,10-1-3-11(21)4-2-10)13-6-5-12(22)7-15(13)23/h1-9H/t19-/m0/s1. The molecule has 1 aliphatic heterocycles. The molecule has 3 aromatic carbocycles. The van der Waals surface area contributed by atoms with Crippen molar-refractivity contribution in [2.75, 3.05) is 0 Å². The first-order valence-corrected chi connectivity index (χ1v) is 9.40. The second-order valence-corrected chi connectivity index (χ2v) is 7.80. The SMILES string of the molecule is Fc1cc2c(cc1Br)O[C@](c1ccc(Cl)cc1)(c1ccc(Cl)cc1Cl)O2. The van der Waals surface area contributed by atoms with Crippen molar-refractivity contribution in [2.45, 2.75) is 5.79 Å². The summed E-state index contributed by atoms with van der Waals surface area (Å²) in [6.07, 6.45) is 0. The zero-order valence-electron chi connectivity index (χ0n) is 12.9. The largest absolute Gasteiger partial charge is 0.440 e. The van der Waals surface area contributed by atoms with Crippen LogP contribution >= 0.6 is 50.7 Å². The Morgan fingerprint density at radius 2 is 1.42 bits per heavy atom. The molecule has 132 valence electrons. The van der Waals surface area contributed by atoms with E-state index < -0.39 is 11.6 Å². The number of ether oxygens (including phenoxy) is 2. The van der Waals surface area contributed by atoms with Crippen molar-refractivity contribution in [3.8, 4) is 11.5 Å². The number of fused-ring (bicyclic) bond motifs is 1. The summed E-state index contributed by atoms with van der Waals surface area (Å²) in [4.78, 5) is 0. The minimum atomic E-state index is -1.39. The quantitative estimate of drug-likeness (QED) is 0.390. The van der Waals surface area contributed by atoms with E-state index in [1.54, 1.807) is 42.5 Å². The fourth-order valence-corrected chi connectivity index (χ4v) is 3.79. The molecule has 0 aliphatic carbocycles. The van der Waals surface area contributed by atoms with Gasteiger partial charge in [0.2, 0.25) is 0 Å². The number of hydrogen-bond donors (Lipinski definition) is 0. The van der Waals surface area contributed by atoms with E-state index in [2.05, 4.69) is 15.9 Å². The minimum absolute atomic E-state index is 0.270. The van der Waals surface area contributed by atoms with Crippen LogP contribution < -0.4 is 9.47 Å². The Morgan fingerprint density at radius 3 is 2.08 bits per heavy atom. The number of rotatable bonds is 2. The molecule has 1 heterocycles. The van der Waals surface area contributed by atoms with Crippen LogP contribution in [0.5, 0.6) is 11.5 Å². The molecule has 0 unspecified atom stereocenters. The normalized spacial score (nSPS) is 18.2. The van der Waals surface area contributed by atoms with E-state index in [4.69, 9.17) is 44.3 Å². The summed E-state index contributed by atoms with van der Waals surface area (Å²) in [5.74, 6) is -1.19. The number of benzene rings is 3. The first-order valence-electron chi connectivity index (χ1n) is 7.48. The molecule has 3 aromatic rings. The highest BCUT2D eigenvalue weighted by Gasteiger charge is 2.47. The molecule has 1 aliphatic rings. The number of halogens is 5. The molecular formula is C19H9BrCl3FO2. The average Bonchev–Trinajstić information content (AvgIpc) is 2.95. The van der Waals surface area contributed by atoms with E-state index in [1.165, 1.54) is 12.1 Å². The molecule has 1 atom stereocenters. The molecule has 0 aromatic heterocycles. The van der Waals surface area contributed by atoms with Crippen molar-refractivity contribution in [1.82, 2.24) is 0 Å². The first-order chi connectivity index (χ1) is 12.4. The van der Waals surface area contributed by atoms with Gasteiger partial charge >= 0.3 is 5.79 Å². The van der Waals surface area contributed by atoms with Crippen LogP contribution in [0.25, 0.3) is 0 Å². The van der Waals surface area contributed by atoms with Gasteiger partial charge in [-0.1, -0.05) is 34.8 Å². The van der Waals surface area contributed by atoms with Crippen LogP contribution in [-0.2, 0) is 5.79 Å². The Balaban J connectivity index is 1.93. The third-order valence-corrected chi connectivity index (χ3v) is 5.41. The lowest BCUT2D eigenvalue weighted by atomic mass is 9.97. The minimum Gasteiger partial charge on any atom is -0.440 e.